The lowest BCUT2D eigenvalue weighted by Crippen LogP contribution is -2.33. The summed E-state index contributed by atoms with van der Waals surface area (Å²) in [6.07, 6.45) is 0.382. The van der Waals surface area contributed by atoms with Gasteiger partial charge in [-0.2, -0.15) is 0 Å². The quantitative estimate of drug-likeness (QED) is 0.880. The highest BCUT2D eigenvalue weighted by Gasteiger charge is 2.43. The van der Waals surface area contributed by atoms with Crippen LogP contribution in [0, 0.1) is 0 Å². The molecule has 0 bridgehead atoms. The number of ether oxygens (including phenoxy) is 1. The maximum atomic E-state index is 12.3. The van der Waals surface area contributed by atoms with E-state index in [0.29, 0.717) is 12.2 Å². The molecule has 0 saturated heterocycles. The van der Waals surface area contributed by atoms with Crippen molar-refractivity contribution in [3.63, 3.8) is 0 Å². The zero-order valence-electron chi connectivity index (χ0n) is 11.8. The Kier molecular flexibility index (Phi) is 3.05. The molecule has 0 radical (unpaired) electrons. The van der Waals surface area contributed by atoms with Crippen molar-refractivity contribution in [3.8, 4) is 0 Å². The summed E-state index contributed by atoms with van der Waals surface area (Å²) >= 11 is 0. The number of carbonyl (C=O) groups excluding carboxylic acids is 2. The van der Waals surface area contributed by atoms with Gasteiger partial charge in [-0.3, -0.25) is 4.79 Å². The monoisotopic (exact) mass is 285 g/mol. The molecule has 1 unspecified atom stereocenters. The first-order chi connectivity index (χ1) is 10.0. The third-order valence-corrected chi connectivity index (χ3v) is 3.85. The standard InChI is InChI=1S/C16H15NO4/c1-16(9-10-7-8-13(21-10)14(18)20-2)11-5-3-4-6-12(11)17-15(16)19/h3-8H,9H2,1-2H3,(H,17,19). The minimum absolute atomic E-state index is 0.0697. The van der Waals surface area contributed by atoms with E-state index in [1.807, 2.05) is 31.2 Å². The molecule has 1 atom stereocenters. The molecule has 0 fully saturated rings. The first-order valence-electron chi connectivity index (χ1n) is 6.62. The number of amides is 1. The molecule has 5 heteroatoms. The van der Waals surface area contributed by atoms with Crippen LogP contribution in [0.1, 0.15) is 28.8 Å². The summed E-state index contributed by atoms with van der Waals surface area (Å²) in [5.74, 6) is 0.120. The molecule has 2 heterocycles. The number of esters is 1. The molecule has 1 amide bonds. The fourth-order valence-corrected chi connectivity index (χ4v) is 2.66. The molecule has 1 aromatic heterocycles. The number of rotatable bonds is 3. The summed E-state index contributed by atoms with van der Waals surface area (Å²) in [6, 6.07) is 10.8. The van der Waals surface area contributed by atoms with Gasteiger partial charge >= 0.3 is 5.97 Å². The molecule has 108 valence electrons. The van der Waals surface area contributed by atoms with Gasteiger partial charge in [0.15, 0.2) is 0 Å². The Morgan fingerprint density at radius 3 is 2.81 bits per heavy atom. The van der Waals surface area contributed by atoms with Crippen LogP contribution in [0.2, 0.25) is 0 Å². The smallest absolute Gasteiger partial charge is 0.373 e. The van der Waals surface area contributed by atoms with E-state index >= 15 is 0 Å². The van der Waals surface area contributed by atoms with Gasteiger partial charge in [-0.25, -0.2) is 4.79 Å². The molecular weight excluding hydrogens is 270 g/mol. The fourth-order valence-electron chi connectivity index (χ4n) is 2.66. The molecule has 1 aromatic carbocycles. The first kappa shape index (κ1) is 13.4. The van der Waals surface area contributed by atoms with E-state index in [-0.39, 0.29) is 11.7 Å². The Bertz CT molecular complexity index is 719. The van der Waals surface area contributed by atoms with Gasteiger partial charge in [0.25, 0.3) is 0 Å². The summed E-state index contributed by atoms with van der Waals surface area (Å²) in [5, 5.41) is 2.88. The van der Waals surface area contributed by atoms with Gasteiger partial charge in [-0.05, 0) is 30.7 Å². The Morgan fingerprint density at radius 1 is 1.29 bits per heavy atom. The summed E-state index contributed by atoms with van der Waals surface area (Å²) < 4.78 is 10.1. The van der Waals surface area contributed by atoms with E-state index < -0.39 is 11.4 Å². The van der Waals surface area contributed by atoms with Crippen LogP contribution in [-0.2, 0) is 21.4 Å². The normalized spacial score (nSPS) is 20.0. The van der Waals surface area contributed by atoms with Gasteiger partial charge in [0.05, 0.1) is 12.5 Å². The molecule has 21 heavy (non-hydrogen) atoms. The van der Waals surface area contributed by atoms with Crippen molar-refractivity contribution in [2.45, 2.75) is 18.8 Å². The zero-order valence-corrected chi connectivity index (χ0v) is 11.8. The average Bonchev–Trinajstić information content (AvgIpc) is 3.03. The van der Waals surface area contributed by atoms with Crippen molar-refractivity contribution in [3.05, 3.63) is 53.5 Å². The van der Waals surface area contributed by atoms with Crippen molar-refractivity contribution in [1.29, 1.82) is 0 Å². The molecule has 0 saturated carbocycles. The number of carbonyl (C=O) groups is 2. The maximum Gasteiger partial charge on any atom is 0.373 e. The van der Waals surface area contributed by atoms with Crippen LogP contribution in [0.25, 0.3) is 0 Å². The fraction of sp³-hybridized carbons (Fsp3) is 0.250. The van der Waals surface area contributed by atoms with Crippen LogP contribution in [0.15, 0.2) is 40.8 Å². The highest BCUT2D eigenvalue weighted by atomic mass is 16.5. The third kappa shape index (κ3) is 2.11. The molecule has 1 aliphatic rings. The highest BCUT2D eigenvalue weighted by Crippen LogP contribution is 2.39. The number of para-hydroxylation sites is 1. The number of benzene rings is 1. The van der Waals surface area contributed by atoms with Gasteiger partial charge in [0, 0.05) is 12.1 Å². The minimum atomic E-state index is -0.707. The minimum Gasteiger partial charge on any atom is -0.463 e. The van der Waals surface area contributed by atoms with E-state index in [0.717, 1.165) is 11.3 Å². The largest absolute Gasteiger partial charge is 0.463 e. The Morgan fingerprint density at radius 2 is 2.05 bits per heavy atom. The average molecular weight is 285 g/mol. The van der Waals surface area contributed by atoms with Crippen molar-refractivity contribution in [2.75, 3.05) is 12.4 Å². The predicted molar refractivity (Wildman–Crippen MR) is 76.2 cm³/mol. The number of anilines is 1. The molecule has 0 aliphatic carbocycles. The van der Waals surface area contributed by atoms with Crippen LogP contribution < -0.4 is 5.32 Å². The Balaban J connectivity index is 1.92. The van der Waals surface area contributed by atoms with E-state index in [2.05, 4.69) is 10.1 Å². The number of hydrogen-bond acceptors (Lipinski definition) is 4. The lowest BCUT2D eigenvalue weighted by Gasteiger charge is -2.20. The van der Waals surface area contributed by atoms with Gasteiger partial charge < -0.3 is 14.5 Å². The van der Waals surface area contributed by atoms with Crippen molar-refractivity contribution < 1.29 is 18.7 Å². The van der Waals surface area contributed by atoms with Crippen LogP contribution in [0.3, 0.4) is 0 Å². The van der Waals surface area contributed by atoms with Crippen LogP contribution in [-0.4, -0.2) is 19.0 Å². The number of hydrogen-bond donors (Lipinski definition) is 1. The van der Waals surface area contributed by atoms with E-state index in [4.69, 9.17) is 4.42 Å². The zero-order chi connectivity index (χ0) is 15.0. The van der Waals surface area contributed by atoms with Crippen LogP contribution in [0.4, 0.5) is 5.69 Å². The molecule has 2 aromatic rings. The molecular formula is C16H15NO4. The second-order valence-corrected chi connectivity index (χ2v) is 5.27. The van der Waals surface area contributed by atoms with Gasteiger partial charge in [0.1, 0.15) is 5.76 Å². The van der Waals surface area contributed by atoms with Crippen LogP contribution >= 0.6 is 0 Å². The number of furan rings is 1. The van der Waals surface area contributed by atoms with Crippen LogP contribution in [0.5, 0.6) is 0 Å². The number of nitrogens with one attached hydrogen (secondary N) is 1. The number of methoxy groups -OCH3 is 1. The van der Waals surface area contributed by atoms with E-state index in [1.54, 1.807) is 12.1 Å². The molecule has 3 rings (SSSR count). The molecule has 0 spiro atoms. The summed E-state index contributed by atoms with van der Waals surface area (Å²) in [5.41, 5.74) is 1.05. The van der Waals surface area contributed by atoms with Crippen molar-refractivity contribution in [2.24, 2.45) is 0 Å². The second-order valence-electron chi connectivity index (χ2n) is 5.27. The number of fused-ring (bicyclic) bond motifs is 1. The lowest BCUT2D eigenvalue weighted by molar-refractivity contribution is -0.120. The van der Waals surface area contributed by atoms with Gasteiger partial charge in [0.2, 0.25) is 11.7 Å². The van der Waals surface area contributed by atoms with E-state index in [9.17, 15) is 9.59 Å². The van der Waals surface area contributed by atoms with Gasteiger partial charge in [-0.1, -0.05) is 18.2 Å². The summed E-state index contributed by atoms with van der Waals surface area (Å²) in [6.45, 7) is 1.87. The Hall–Kier alpha value is -2.56. The summed E-state index contributed by atoms with van der Waals surface area (Å²) in [7, 11) is 1.30. The maximum absolute atomic E-state index is 12.3. The lowest BCUT2D eigenvalue weighted by atomic mass is 9.80. The predicted octanol–water partition coefficient (Wildman–Crippen LogP) is 2.52. The molecule has 5 nitrogen and oxygen atoms in total. The SMILES string of the molecule is COC(=O)c1ccc(CC2(C)C(=O)Nc3ccccc32)o1. The highest BCUT2D eigenvalue weighted by molar-refractivity contribution is 6.06. The van der Waals surface area contributed by atoms with E-state index in [1.165, 1.54) is 7.11 Å². The molecule has 1 aliphatic heterocycles. The van der Waals surface area contributed by atoms with Crippen molar-refractivity contribution >= 4 is 17.6 Å². The summed E-state index contributed by atoms with van der Waals surface area (Å²) in [4.78, 5) is 23.7. The van der Waals surface area contributed by atoms with Crippen molar-refractivity contribution in [1.82, 2.24) is 0 Å². The first-order valence-corrected chi connectivity index (χ1v) is 6.62. The second kappa shape index (κ2) is 4.77. The third-order valence-electron chi connectivity index (χ3n) is 3.85. The molecule has 1 N–H and O–H groups in total. The Labute approximate surface area is 121 Å². The van der Waals surface area contributed by atoms with Gasteiger partial charge in [-0.15, -0.1) is 0 Å². The topological polar surface area (TPSA) is 68.5 Å².